The quantitative estimate of drug-likeness (QED) is 0.128. The molecule has 1 fully saturated rings. The molecule has 11 heteroatoms. The topological polar surface area (TPSA) is 128 Å². The number of allylic oxidation sites excluding steroid dienone is 1. The molecule has 4 amide bonds. The van der Waals surface area contributed by atoms with Crippen LogP contribution in [-0.4, -0.2) is 29.9 Å². The predicted octanol–water partition coefficient (Wildman–Crippen LogP) is 5.23. The Labute approximate surface area is 228 Å². The van der Waals surface area contributed by atoms with Gasteiger partial charge >= 0.3 is 6.03 Å². The Hall–Kier alpha value is -4.96. The molecule has 3 aromatic rings. The number of ether oxygens (including phenoxy) is 2. The van der Waals surface area contributed by atoms with Crippen LogP contribution in [0.4, 0.5) is 16.2 Å². The van der Waals surface area contributed by atoms with Crippen LogP contribution in [0.5, 0.6) is 11.5 Å². The first-order valence-corrected chi connectivity index (χ1v) is 11.9. The minimum Gasteiger partial charge on any atom is -0.493 e. The maximum Gasteiger partial charge on any atom is 0.335 e. The van der Waals surface area contributed by atoms with E-state index in [1.165, 1.54) is 25.3 Å². The van der Waals surface area contributed by atoms with E-state index >= 15 is 0 Å². The zero-order valence-electron chi connectivity index (χ0n) is 20.7. The average molecular weight is 548 g/mol. The molecule has 1 heterocycles. The minimum absolute atomic E-state index is 0.0670. The van der Waals surface area contributed by atoms with Gasteiger partial charge in [0.25, 0.3) is 17.5 Å². The highest BCUT2D eigenvalue weighted by Crippen LogP contribution is 2.35. The summed E-state index contributed by atoms with van der Waals surface area (Å²) < 4.78 is 11.6. The molecule has 0 aliphatic carbocycles. The Kier molecular flexibility index (Phi) is 8.07. The molecule has 0 saturated carbocycles. The van der Waals surface area contributed by atoms with E-state index in [1.54, 1.807) is 30.3 Å². The number of rotatable bonds is 9. The Morgan fingerprint density at radius 1 is 1.08 bits per heavy atom. The SMILES string of the molecule is C=CCc1cc(/C=C2\C(=O)NC(=O)N(c3ccc([N+](=O)[O-])cc3)C2=O)cc(OC)c1OCc1ccc(Cl)cc1. The maximum absolute atomic E-state index is 13.2. The first-order chi connectivity index (χ1) is 18.7. The van der Waals surface area contributed by atoms with Gasteiger partial charge < -0.3 is 9.47 Å². The van der Waals surface area contributed by atoms with Crippen molar-refractivity contribution in [1.29, 1.82) is 0 Å². The predicted molar refractivity (Wildman–Crippen MR) is 145 cm³/mol. The van der Waals surface area contributed by atoms with Crippen molar-refractivity contribution in [2.45, 2.75) is 13.0 Å². The van der Waals surface area contributed by atoms with Gasteiger partial charge in [-0.05, 0) is 60.0 Å². The number of barbiturate groups is 1. The van der Waals surface area contributed by atoms with Gasteiger partial charge in [0.15, 0.2) is 11.5 Å². The average Bonchev–Trinajstić information content (AvgIpc) is 2.91. The van der Waals surface area contributed by atoms with Crippen LogP contribution in [0.15, 0.2) is 78.9 Å². The number of carbonyl (C=O) groups excluding carboxylic acids is 3. The first kappa shape index (κ1) is 27.1. The molecule has 0 unspecified atom stereocenters. The fraction of sp³-hybridized carbons (Fsp3) is 0.107. The van der Waals surface area contributed by atoms with E-state index in [9.17, 15) is 24.5 Å². The molecule has 10 nitrogen and oxygen atoms in total. The van der Waals surface area contributed by atoms with Crippen LogP contribution in [0.2, 0.25) is 5.02 Å². The van der Waals surface area contributed by atoms with Crippen LogP contribution < -0.4 is 19.7 Å². The van der Waals surface area contributed by atoms with Crippen molar-refractivity contribution < 1.29 is 28.8 Å². The molecule has 0 spiro atoms. The largest absolute Gasteiger partial charge is 0.493 e. The molecule has 1 saturated heterocycles. The summed E-state index contributed by atoms with van der Waals surface area (Å²) in [6, 6.07) is 14.4. The van der Waals surface area contributed by atoms with Crippen molar-refractivity contribution in [2.75, 3.05) is 12.0 Å². The van der Waals surface area contributed by atoms with Gasteiger partial charge in [-0.1, -0.05) is 29.8 Å². The fourth-order valence-corrected chi connectivity index (χ4v) is 4.03. The number of nitrogens with one attached hydrogen (secondary N) is 1. The number of benzene rings is 3. The van der Waals surface area contributed by atoms with E-state index in [4.69, 9.17) is 21.1 Å². The minimum atomic E-state index is -0.966. The second-order valence-electron chi connectivity index (χ2n) is 8.35. The molecule has 4 rings (SSSR count). The van der Waals surface area contributed by atoms with Crippen molar-refractivity contribution in [2.24, 2.45) is 0 Å². The highest BCUT2D eigenvalue weighted by Gasteiger charge is 2.37. The number of hydrogen-bond acceptors (Lipinski definition) is 7. The highest BCUT2D eigenvalue weighted by atomic mass is 35.5. The number of amides is 4. The molecule has 0 aromatic heterocycles. The number of methoxy groups -OCH3 is 1. The highest BCUT2D eigenvalue weighted by molar-refractivity contribution is 6.39. The van der Waals surface area contributed by atoms with Crippen LogP contribution in [0, 0.1) is 10.1 Å². The lowest BCUT2D eigenvalue weighted by Gasteiger charge is -2.26. The zero-order chi connectivity index (χ0) is 28.1. The second-order valence-corrected chi connectivity index (χ2v) is 8.79. The Bertz CT molecular complexity index is 1500. The lowest BCUT2D eigenvalue weighted by molar-refractivity contribution is -0.384. The third kappa shape index (κ3) is 5.97. The number of urea groups is 1. The smallest absolute Gasteiger partial charge is 0.335 e. The van der Waals surface area contributed by atoms with Crippen molar-refractivity contribution in [1.82, 2.24) is 5.32 Å². The molecular formula is C28H22ClN3O7. The van der Waals surface area contributed by atoms with Crippen LogP contribution in [0.25, 0.3) is 6.08 Å². The summed E-state index contributed by atoms with van der Waals surface area (Å²) in [5, 5.41) is 13.7. The lowest BCUT2D eigenvalue weighted by Crippen LogP contribution is -2.54. The van der Waals surface area contributed by atoms with Crippen molar-refractivity contribution in [3.63, 3.8) is 0 Å². The van der Waals surface area contributed by atoms with Crippen LogP contribution >= 0.6 is 11.6 Å². The molecular weight excluding hydrogens is 526 g/mol. The molecule has 0 bridgehead atoms. The van der Waals surface area contributed by atoms with Gasteiger partial charge in [0.05, 0.1) is 17.7 Å². The summed E-state index contributed by atoms with van der Waals surface area (Å²) in [6.07, 6.45) is 3.41. The standard InChI is InChI=1S/C28H22ClN3O7/c1-3-4-19-13-18(15-24(38-2)25(19)39-16-17-5-7-20(29)8-6-17)14-23-26(33)30-28(35)31(27(23)34)21-9-11-22(12-10-21)32(36)37/h3,5-15H,1,4,16H2,2H3,(H,30,33,35)/b23-14+. The van der Waals surface area contributed by atoms with E-state index in [0.717, 1.165) is 22.6 Å². The van der Waals surface area contributed by atoms with Gasteiger partial charge in [0.2, 0.25) is 0 Å². The number of halogens is 1. The molecule has 39 heavy (non-hydrogen) atoms. The van der Waals surface area contributed by atoms with Crippen LogP contribution in [0.1, 0.15) is 16.7 Å². The van der Waals surface area contributed by atoms with Crippen molar-refractivity contribution in [3.05, 3.63) is 111 Å². The Morgan fingerprint density at radius 2 is 1.77 bits per heavy atom. The van der Waals surface area contributed by atoms with E-state index in [2.05, 4.69) is 11.9 Å². The van der Waals surface area contributed by atoms with Gasteiger partial charge in [0.1, 0.15) is 12.2 Å². The monoisotopic (exact) mass is 547 g/mol. The van der Waals surface area contributed by atoms with Gasteiger partial charge in [-0.15, -0.1) is 6.58 Å². The van der Waals surface area contributed by atoms with Gasteiger partial charge in [-0.3, -0.25) is 25.0 Å². The van der Waals surface area contributed by atoms with Gasteiger partial charge in [0, 0.05) is 22.7 Å². The van der Waals surface area contributed by atoms with Gasteiger partial charge in [-0.25, -0.2) is 9.69 Å². The summed E-state index contributed by atoms with van der Waals surface area (Å²) in [5.41, 5.74) is 1.57. The first-order valence-electron chi connectivity index (χ1n) is 11.6. The van der Waals surface area contributed by atoms with Crippen molar-refractivity contribution >= 4 is 46.9 Å². The van der Waals surface area contributed by atoms with E-state index in [0.29, 0.717) is 34.1 Å². The summed E-state index contributed by atoms with van der Waals surface area (Å²) in [5.74, 6) is -0.931. The number of carbonyl (C=O) groups is 3. The zero-order valence-corrected chi connectivity index (χ0v) is 21.4. The normalized spacial score (nSPS) is 14.3. The van der Waals surface area contributed by atoms with Crippen LogP contribution in [-0.2, 0) is 22.6 Å². The number of non-ortho nitro benzene ring substituents is 1. The fourth-order valence-electron chi connectivity index (χ4n) is 3.91. The third-order valence-corrected chi connectivity index (χ3v) is 6.02. The molecule has 3 aromatic carbocycles. The summed E-state index contributed by atoms with van der Waals surface area (Å²) in [7, 11) is 1.46. The molecule has 0 radical (unpaired) electrons. The molecule has 1 aliphatic rings. The maximum atomic E-state index is 13.2. The molecule has 1 aliphatic heterocycles. The van der Waals surface area contributed by atoms with Gasteiger partial charge in [-0.2, -0.15) is 0 Å². The summed E-state index contributed by atoms with van der Waals surface area (Å²) in [4.78, 5) is 49.5. The number of anilines is 1. The number of nitro groups is 1. The van der Waals surface area contributed by atoms with E-state index in [-0.39, 0.29) is 23.6 Å². The number of imide groups is 2. The van der Waals surface area contributed by atoms with E-state index in [1.807, 2.05) is 12.1 Å². The number of hydrogen-bond donors (Lipinski definition) is 1. The third-order valence-electron chi connectivity index (χ3n) is 5.77. The second kappa shape index (κ2) is 11.6. The summed E-state index contributed by atoms with van der Waals surface area (Å²) in [6.45, 7) is 4.03. The summed E-state index contributed by atoms with van der Waals surface area (Å²) >= 11 is 5.95. The molecule has 1 N–H and O–H groups in total. The molecule has 0 atom stereocenters. The number of nitrogens with zero attached hydrogens (tertiary/aromatic N) is 2. The Balaban J connectivity index is 1.68. The Morgan fingerprint density at radius 3 is 2.38 bits per heavy atom. The number of nitro benzene ring substituents is 1. The van der Waals surface area contributed by atoms with Crippen molar-refractivity contribution in [3.8, 4) is 11.5 Å². The lowest BCUT2D eigenvalue weighted by atomic mass is 10.0. The molecule has 198 valence electrons. The van der Waals surface area contributed by atoms with E-state index < -0.39 is 22.8 Å². The van der Waals surface area contributed by atoms with Crippen LogP contribution in [0.3, 0.4) is 0 Å².